The third kappa shape index (κ3) is 3.95. The zero-order valence-corrected chi connectivity index (χ0v) is 25.3. The van der Waals surface area contributed by atoms with E-state index in [1.165, 1.54) is 54.9 Å². The molecule has 8 aromatic carbocycles. The van der Waals surface area contributed by atoms with Crippen LogP contribution in [0.4, 0.5) is 17.1 Å². The van der Waals surface area contributed by atoms with Crippen LogP contribution in [-0.2, 0) is 5.41 Å². The summed E-state index contributed by atoms with van der Waals surface area (Å²) in [6.45, 7) is 0. The first-order chi connectivity index (χ1) is 22.8. The Balaban J connectivity index is 1.40. The molecule has 1 nitrogen and oxygen atoms in total. The van der Waals surface area contributed by atoms with Gasteiger partial charge < -0.3 is 4.90 Å². The van der Waals surface area contributed by atoms with E-state index in [1.807, 2.05) is 0 Å². The molecule has 0 radical (unpaired) electrons. The molecule has 46 heavy (non-hydrogen) atoms. The van der Waals surface area contributed by atoms with Crippen molar-refractivity contribution in [2.75, 3.05) is 4.90 Å². The van der Waals surface area contributed by atoms with E-state index < -0.39 is 5.41 Å². The lowest BCUT2D eigenvalue weighted by atomic mass is 9.67. The standard InChI is InChI=1S/C45H31N/c1-5-16-34(17-6-1)45(35-18-7-2-8-19-35)43-30-38(46(36-20-9-3-10-21-36)37-22-11-4-12-23-37)27-28-40(43)42-29-33-26-25-32-15-13-14-24-39(32)41(33)31-44(42)45/h1-31H. The van der Waals surface area contributed by atoms with Gasteiger partial charge in [-0.05, 0) is 103 Å². The second kappa shape index (κ2) is 10.6. The van der Waals surface area contributed by atoms with Crippen LogP contribution in [0.5, 0.6) is 0 Å². The van der Waals surface area contributed by atoms with Crippen molar-refractivity contribution in [2.24, 2.45) is 0 Å². The summed E-state index contributed by atoms with van der Waals surface area (Å²) in [4.78, 5) is 2.37. The molecule has 0 saturated carbocycles. The van der Waals surface area contributed by atoms with Gasteiger partial charge >= 0.3 is 0 Å². The van der Waals surface area contributed by atoms with E-state index in [9.17, 15) is 0 Å². The zero-order valence-electron chi connectivity index (χ0n) is 25.3. The lowest BCUT2D eigenvalue weighted by Crippen LogP contribution is -2.28. The van der Waals surface area contributed by atoms with Crippen LogP contribution in [0, 0.1) is 0 Å². The van der Waals surface area contributed by atoms with Gasteiger partial charge in [0.15, 0.2) is 0 Å². The first-order valence-corrected chi connectivity index (χ1v) is 15.9. The van der Waals surface area contributed by atoms with Gasteiger partial charge in [0.25, 0.3) is 0 Å². The van der Waals surface area contributed by atoms with Crippen molar-refractivity contribution >= 4 is 38.6 Å². The van der Waals surface area contributed by atoms with Crippen LogP contribution in [0.2, 0.25) is 0 Å². The molecule has 0 fully saturated rings. The van der Waals surface area contributed by atoms with Crippen molar-refractivity contribution in [2.45, 2.75) is 5.41 Å². The van der Waals surface area contributed by atoms with Gasteiger partial charge in [-0.1, -0.05) is 140 Å². The molecule has 0 N–H and O–H groups in total. The first-order valence-electron chi connectivity index (χ1n) is 15.9. The molecule has 0 heterocycles. The van der Waals surface area contributed by atoms with E-state index in [1.54, 1.807) is 0 Å². The maximum atomic E-state index is 2.48. The highest BCUT2D eigenvalue weighted by atomic mass is 15.1. The van der Waals surface area contributed by atoms with Crippen LogP contribution in [0.15, 0.2) is 188 Å². The van der Waals surface area contributed by atoms with Crippen molar-refractivity contribution < 1.29 is 0 Å². The minimum Gasteiger partial charge on any atom is -0.310 e. The number of benzene rings is 8. The fourth-order valence-corrected chi connectivity index (χ4v) is 7.72. The van der Waals surface area contributed by atoms with Gasteiger partial charge in [-0.3, -0.25) is 0 Å². The van der Waals surface area contributed by atoms with Crippen LogP contribution < -0.4 is 4.90 Å². The van der Waals surface area contributed by atoms with E-state index in [0.29, 0.717) is 0 Å². The van der Waals surface area contributed by atoms with Crippen LogP contribution in [0.1, 0.15) is 22.3 Å². The molecule has 0 bridgehead atoms. The normalized spacial score (nSPS) is 13.0. The molecule has 216 valence electrons. The van der Waals surface area contributed by atoms with E-state index >= 15 is 0 Å². The highest BCUT2D eigenvalue weighted by Crippen LogP contribution is 2.58. The number of para-hydroxylation sites is 2. The Labute approximate surface area is 269 Å². The number of hydrogen-bond donors (Lipinski definition) is 0. The summed E-state index contributed by atoms with van der Waals surface area (Å²) in [5, 5.41) is 5.10. The molecular weight excluding hydrogens is 555 g/mol. The summed E-state index contributed by atoms with van der Waals surface area (Å²) in [6.07, 6.45) is 0. The summed E-state index contributed by atoms with van der Waals surface area (Å²) in [5.41, 5.74) is 10.6. The lowest BCUT2D eigenvalue weighted by Gasteiger charge is -2.35. The smallest absolute Gasteiger partial charge is 0.0714 e. The molecular formula is C45H31N. The molecule has 1 aliphatic carbocycles. The fourth-order valence-electron chi connectivity index (χ4n) is 7.72. The van der Waals surface area contributed by atoms with E-state index in [0.717, 1.165) is 17.1 Å². The van der Waals surface area contributed by atoms with Crippen molar-refractivity contribution in [1.29, 1.82) is 0 Å². The van der Waals surface area contributed by atoms with Gasteiger partial charge in [0.1, 0.15) is 0 Å². The Morgan fingerprint density at radius 2 is 0.848 bits per heavy atom. The predicted octanol–water partition coefficient (Wildman–Crippen LogP) is 11.8. The number of fused-ring (bicyclic) bond motifs is 6. The number of nitrogens with zero attached hydrogens (tertiary/aromatic N) is 1. The van der Waals surface area contributed by atoms with Gasteiger partial charge in [-0.15, -0.1) is 0 Å². The molecule has 0 amide bonds. The Morgan fingerprint density at radius 3 is 1.48 bits per heavy atom. The Hall–Kier alpha value is -5.92. The van der Waals surface area contributed by atoms with E-state index in [2.05, 4.69) is 193 Å². The average Bonchev–Trinajstić information content (AvgIpc) is 3.42. The van der Waals surface area contributed by atoms with Gasteiger partial charge in [0.2, 0.25) is 0 Å². The molecule has 0 aromatic heterocycles. The largest absolute Gasteiger partial charge is 0.310 e. The quantitative estimate of drug-likeness (QED) is 0.182. The summed E-state index contributed by atoms with van der Waals surface area (Å²) < 4.78 is 0. The van der Waals surface area contributed by atoms with Gasteiger partial charge in [-0.25, -0.2) is 0 Å². The first kappa shape index (κ1) is 26.5. The Kier molecular flexibility index (Phi) is 6.11. The molecule has 1 aliphatic rings. The van der Waals surface area contributed by atoms with Gasteiger partial charge in [0.05, 0.1) is 5.41 Å². The molecule has 0 atom stereocenters. The van der Waals surface area contributed by atoms with E-state index in [-0.39, 0.29) is 0 Å². The maximum absolute atomic E-state index is 2.48. The van der Waals surface area contributed by atoms with Crippen molar-refractivity contribution in [3.8, 4) is 11.1 Å². The van der Waals surface area contributed by atoms with Crippen molar-refractivity contribution in [3.63, 3.8) is 0 Å². The van der Waals surface area contributed by atoms with Crippen LogP contribution in [0.3, 0.4) is 0 Å². The van der Waals surface area contributed by atoms with Gasteiger partial charge in [0, 0.05) is 17.1 Å². The van der Waals surface area contributed by atoms with Crippen molar-refractivity contribution in [1.82, 2.24) is 0 Å². The van der Waals surface area contributed by atoms with Gasteiger partial charge in [-0.2, -0.15) is 0 Å². The number of anilines is 3. The fraction of sp³-hybridized carbons (Fsp3) is 0.0222. The molecule has 9 rings (SSSR count). The molecule has 0 unspecified atom stereocenters. The molecule has 0 aliphatic heterocycles. The van der Waals surface area contributed by atoms with Crippen LogP contribution in [-0.4, -0.2) is 0 Å². The van der Waals surface area contributed by atoms with E-state index in [4.69, 9.17) is 0 Å². The highest BCUT2D eigenvalue weighted by molar-refractivity contribution is 6.10. The number of rotatable bonds is 5. The third-order valence-electron chi connectivity index (χ3n) is 9.69. The minimum atomic E-state index is -0.507. The topological polar surface area (TPSA) is 3.24 Å². The summed E-state index contributed by atoms with van der Waals surface area (Å²) in [6, 6.07) is 68.8. The molecule has 8 aromatic rings. The van der Waals surface area contributed by atoms with Crippen LogP contribution >= 0.6 is 0 Å². The molecule has 0 saturated heterocycles. The molecule has 0 spiro atoms. The Bertz CT molecular complexity index is 2260. The zero-order chi connectivity index (χ0) is 30.5. The Morgan fingerprint density at radius 1 is 0.326 bits per heavy atom. The third-order valence-corrected chi connectivity index (χ3v) is 9.69. The summed E-state index contributed by atoms with van der Waals surface area (Å²) in [5.74, 6) is 0. The maximum Gasteiger partial charge on any atom is 0.0714 e. The average molecular weight is 586 g/mol. The molecule has 1 heteroatoms. The number of hydrogen-bond acceptors (Lipinski definition) is 1. The predicted molar refractivity (Wildman–Crippen MR) is 193 cm³/mol. The second-order valence-electron chi connectivity index (χ2n) is 12.1. The lowest BCUT2D eigenvalue weighted by molar-refractivity contribution is 0.769. The summed E-state index contributed by atoms with van der Waals surface area (Å²) in [7, 11) is 0. The monoisotopic (exact) mass is 585 g/mol. The van der Waals surface area contributed by atoms with Crippen LogP contribution in [0.25, 0.3) is 32.7 Å². The SMILES string of the molecule is c1ccc(N(c2ccccc2)c2ccc3c(c2)C(c2ccccc2)(c2ccccc2)c2cc4c(ccc5ccccc54)cc2-3)cc1. The second-order valence-corrected chi connectivity index (χ2v) is 12.1. The highest BCUT2D eigenvalue weighted by Gasteiger charge is 2.46. The summed E-state index contributed by atoms with van der Waals surface area (Å²) >= 11 is 0. The van der Waals surface area contributed by atoms with Crippen molar-refractivity contribution in [3.05, 3.63) is 210 Å². The minimum absolute atomic E-state index is 0.507.